The Morgan fingerprint density at radius 1 is 1.17 bits per heavy atom. The number of carbonyl (C=O) groups excluding carboxylic acids is 1. The molecule has 23 heavy (non-hydrogen) atoms. The van der Waals surface area contributed by atoms with Gasteiger partial charge in [0.05, 0.1) is 24.1 Å². The van der Waals surface area contributed by atoms with Crippen LogP contribution in [0.25, 0.3) is 5.69 Å². The molecule has 3 rings (SSSR count). The maximum absolute atomic E-state index is 12.2. The molecular formula is C17H17N5O. The zero-order valence-electron chi connectivity index (χ0n) is 13.0. The van der Waals surface area contributed by atoms with Crippen molar-refractivity contribution in [3.05, 3.63) is 72.1 Å². The molecule has 6 nitrogen and oxygen atoms in total. The van der Waals surface area contributed by atoms with E-state index >= 15 is 0 Å². The summed E-state index contributed by atoms with van der Waals surface area (Å²) in [5.74, 6) is -0.252. The number of aromatic nitrogens is 4. The van der Waals surface area contributed by atoms with E-state index in [1.54, 1.807) is 6.20 Å². The molecule has 1 N–H and O–H groups in total. The van der Waals surface area contributed by atoms with Gasteiger partial charge in [0.15, 0.2) is 0 Å². The average molecular weight is 307 g/mol. The minimum Gasteiger partial charge on any atom is -0.344 e. The van der Waals surface area contributed by atoms with Crippen molar-refractivity contribution in [1.29, 1.82) is 0 Å². The molecule has 0 aliphatic rings. The highest BCUT2D eigenvalue weighted by Crippen LogP contribution is 2.20. The van der Waals surface area contributed by atoms with Crippen molar-refractivity contribution in [3.63, 3.8) is 0 Å². The lowest BCUT2D eigenvalue weighted by atomic mass is 10.1. The molecule has 1 atom stereocenters. The molecule has 2 aromatic heterocycles. The van der Waals surface area contributed by atoms with Crippen molar-refractivity contribution in [2.24, 2.45) is 0 Å². The van der Waals surface area contributed by atoms with Crippen LogP contribution in [0.1, 0.15) is 34.7 Å². The summed E-state index contributed by atoms with van der Waals surface area (Å²) < 4.78 is 1.86. The fourth-order valence-electron chi connectivity index (χ4n) is 2.44. The summed E-state index contributed by atoms with van der Waals surface area (Å²) in [7, 11) is 0. The summed E-state index contributed by atoms with van der Waals surface area (Å²) in [4.78, 5) is 20.1. The smallest absolute Gasteiger partial charge is 0.271 e. The second-order valence-electron chi connectivity index (χ2n) is 5.22. The SMILES string of the molecule is Cc1c([C@@H](C)NC(=O)c2cnccn2)cnn1-c1ccccc1. The van der Waals surface area contributed by atoms with E-state index in [0.717, 1.165) is 16.9 Å². The summed E-state index contributed by atoms with van der Waals surface area (Å²) >= 11 is 0. The van der Waals surface area contributed by atoms with Gasteiger partial charge in [-0.1, -0.05) is 18.2 Å². The first-order valence-electron chi connectivity index (χ1n) is 7.33. The molecule has 0 spiro atoms. The number of rotatable bonds is 4. The average Bonchev–Trinajstić information content (AvgIpc) is 2.98. The third kappa shape index (κ3) is 3.11. The zero-order chi connectivity index (χ0) is 16.2. The second kappa shape index (κ2) is 6.39. The largest absolute Gasteiger partial charge is 0.344 e. The van der Waals surface area contributed by atoms with Crippen LogP contribution in [0.4, 0.5) is 0 Å². The van der Waals surface area contributed by atoms with E-state index in [-0.39, 0.29) is 11.9 Å². The number of amides is 1. The maximum Gasteiger partial charge on any atom is 0.271 e. The van der Waals surface area contributed by atoms with Gasteiger partial charge in [0.1, 0.15) is 5.69 Å². The maximum atomic E-state index is 12.2. The highest BCUT2D eigenvalue weighted by Gasteiger charge is 2.17. The topological polar surface area (TPSA) is 72.7 Å². The van der Waals surface area contributed by atoms with Crippen LogP contribution in [0.15, 0.2) is 55.1 Å². The van der Waals surface area contributed by atoms with Gasteiger partial charge >= 0.3 is 0 Å². The van der Waals surface area contributed by atoms with Crippen molar-refractivity contribution in [1.82, 2.24) is 25.1 Å². The summed E-state index contributed by atoms with van der Waals surface area (Å²) in [5.41, 5.74) is 3.24. The summed E-state index contributed by atoms with van der Waals surface area (Å²) in [6, 6.07) is 9.71. The Morgan fingerprint density at radius 3 is 2.65 bits per heavy atom. The number of para-hydroxylation sites is 1. The van der Waals surface area contributed by atoms with E-state index in [9.17, 15) is 4.79 Å². The molecule has 0 bridgehead atoms. The van der Waals surface area contributed by atoms with Crippen LogP contribution < -0.4 is 5.32 Å². The molecule has 0 aliphatic heterocycles. The van der Waals surface area contributed by atoms with Gasteiger partial charge in [-0.05, 0) is 26.0 Å². The first-order valence-corrected chi connectivity index (χ1v) is 7.33. The molecule has 6 heteroatoms. The van der Waals surface area contributed by atoms with Gasteiger partial charge in [0.2, 0.25) is 0 Å². The minimum absolute atomic E-state index is 0.179. The van der Waals surface area contributed by atoms with Gasteiger partial charge in [0, 0.05) is 23.7 Å². The van der Waals surface area contributed by atoms with E-state index in [4.69, 9.17) is 0 Å². The lowest BCUT2D eigenvalue weighted by molar-refractivity contribution is 0.0934. The number of benzene rings is 1. The number of hydrogen-bond donors (Lipinski definition) is 1. The highest BCUT2D eigenvalue weighted by atomic mass is 16.1. The fraction of sp³-hybridized carbons (Fsp3) is 0.176. The molecule has 1 aromatic carbocycles. The van der Waals surface area contributed by atoms with Crippen LogP contribution in [0.3, 0.4) is 0 Å². The van der Waals surface area contributed by atoms with Gasteiger partial charge in [-0.25, -0.2) is 9.67 Å². The molecule has 1 amide bonds. The van der Waals surface area contributed by atoms with E-state index < -0.39 is 0 Å². The van der Waals surface area contributed by atoms with E-state index in [1.807, 2.05) is 48.9 Å². The molecule has 2 heterocycles. The standard InChI is InChI=1S/C17H17N5O/c1-12(21-17(23)16-11-18-8-9-19-16)15-10-20-22(13(15)2)14-6-4-3-5-7-14/h3-12H,1-2H3,(H,21,23)/t12-/m1/s1. The first-order chi connectivity index (χ1) is 11.2. The lowest BCUT2D eigenvalue weighted by Crippen LogP contribution is -2.27. The van der Waals surface area contributed by atoms with E-state index in [0.29, 0.717) is 5.69 Å². The summed E-state index contributed by atoms with van der Waals surface area (Å²) in [5, 5.41) is 7.35. The van der Waals surface area contributed by atoms with Crippen LogP contribution in [-0.4, -0.2) is 25.7 Å². The Morgan fingerprint density at radius 2 is 1.96 bits per heavy atom. The predicted molar refractivity (Wildman–Crippen MR) is 86.2 cm³/mol. The molecule has 0 fully saturated rings. The number of nitrogens with zero attached hydrogens (tertiary/aromatic N) is 4. The molecule has 0 saturated heterocycles. The normalized spacial score (nSPS) is 11.9. The molecule has 3 aromatic rings. The molecule has 0 aliphatic carbocycles. The quantitative estimate of drug-likeness (QED) is 0.803. The van der Waals surface area contributed by atoms with E-state index in [1.165, 1.54) is 18.6 Å². The van der Waals surface area contributed by atoms with E-state index in [2.05, 4.69) is 20.4 Å². The highest BCUT2D eigenvalue weighted by molar-refractivity contribution is 5.92. The molecular weight excluding hydrogens is 290 g/mol. The van der Waals surface area contributed by atoms with Gasteiger partial charge < -0.3 is 5.32 Å². The van der Waals surface area contributed by atoms with Gasteiger partial charge in [-0.15, -0.1) is 0 Å². The summed E-state index contributed by atoms with van der Waals surface area (Å²) in [6.07, 6.45) is 6.26. The monoisotopic (exact) mass is 307 g/mol. The third-order valence-electron chi connectivity index (χ3n) is 3.66. The van der Waals surface area contributed by atoms with Crippen molar-refractivity contribution in [2.45, 2.75) is 19.9 Å². The molecule has 0 saturated carbocycles. The van der Waals surface area contributed by atoms with Crippen molar-refractivity contribution in [2.75, 3.05) is 0 Å². The van der Waals surface area contributed by atoms with Gasteiger partial charge in [-0.2, -0.15) is 5.10 Å². The second-order valence-corrected chi connectivity index (χ2v) is 5.22. The Bertz CT molecular complexity index is 798. The van der Waals surface area contributed by atoms with Gasteiger partial charge in [0.25, 0.3) is 5.91 Å². The van der Waals surface area contributed by atoms with Crippen molar-refractivity contribution < 1.29 is 4.79 Å². The van der Waals surface area contributed by atoms with Crippen LogP contribution >= 0.6 is 0 Å². The number of hydrogen-bond acceptors (Lipinski definition) is 4. The zero-order valence-corrected chi connectivity index (χ0v) is 13.0. The Balaban J connectivity index is 1.80. The van der Waals surface area contributed by atoms with Crippen molar-refractivity contribution >= 4 is 5.91 Å². The summed E-state index contributed by atoms with van der Waals surface area (Å²) in [6.45, 7) is 3.91. The van der Waals surface area contributed by atoms with Gasteiger partial charge in [-0.3, -0.25) is 9.78 Å². The first kappa shape index (κ1) is 14.9. The number of nitrogens with one attached hydrogen (secondary N) is 1. The third-order valence-corrected chi connectivity index (χ3v) is 3.66. The predicted octanol–water partition coefficient (Wildman–Crippen LogP) is 2.46. The number of carbonyl (C=O) groups is 1. The van der Waals surface area contributed by atoms with Crippen LogP contribution in [0, 0.1) is 6.92 Å². The fourth-order valence-corrected chi connectivity index (χ4v) is 2.44. The minimum atomic E-state index is -0.252. The van der Waals surface area contributed by atoms with Crippen molar-refractivity contribution in [3.8, 4) is 5.69 Å². The van der Waals surface area contributed by atoms with Crippen LogP contribution in [0.5, 0.6) is 0 Å². The van der Waals surface area contributed by atoms with Crippen LogP contribution in [0.2, 0.25) is 0 Å². The molecule has 116 valence electrons. The Labute approximate surface area is 134 Å². The lowest BCUT2D eigenvalue weighted by Gasteiger charge is -2.13. The molecule has 0 radical (unpaired) electrons. The van der Waals surface area contributed by atoms with Crippen LogP contribution in [-0.2, 0) is 0 Å². The Kier molecular flexibility index (Phi) is 4.14. The Hall–Kier alpha value is -3.02. The molecule has 0 unspecified atom stereocenters.